The molecule has 0 aliphatic carbocycles. The average molecular weight is 301 g/mol. The fourth-order valence-corrected chi connectivity index (χ4v) is 2.21. The van der Waals surface area contributed by atoms with E-state index in [-0.39, 0.29) is 24.2 Å². The molecule has 1 aliphatic heterocycles. The largest absolute Gasteiger partial charge is 0.497 e. The van der Waals surface area contributed by atoms with Crippen LogP contribution in [0, 0.1) is 5.92 Å². The summed E-state index contributed by atoms with van der Waals surface area (Å²) in [5.41, 5.74) is 0.680. The van der Waals surface area contributed by atoms with Crippen LogP contribution in [-0.2, 0) is 4.79 Å². The molecule has 1 aromatic carbocycles. The molecule has 112 valence electrons. The molecule has 0 aromatic heterocycles. The third-order valence-electron chi connectivity index (χ3n) is 3.33. The van der Waals surface area contributed by atoms with Crippen LogP contribution < -0.4 is 20.1 Å². The van der Waals surface area contributed by atoms with Gasteiger partial charge in [0.2, 0.25) is 5.91 Å². The van der Waals surface area contributed by atoms with E-state index in [9.17, 15) is 4.79 Å². The first-order valence-electron chi connectivity index (χ1n) is 6.48. The summed E-state index contributed by atoms with van der Waals surface area (Å²) in [5.74, 6) is 1.38. The predicted molar refractivity (Wildman–Crippen MR) is 81.0 cm³/mol. The summed E-state index contributed by atoms with van der Waals surface area (Å²) in [6.45, 7) is 1.74. The number of benzene rings is 1. The third-order valence-corrected chi connectivity index (χ3v) is 3.33. The molecular formula is C14H21ClN2O3. The van der Waals surface area contributed by atoms with Crippen LogP contribution in [0.3, 0.4) is 0 Å². The number of piperidine rings is 1. The number of amides is 1. The summed E-state index contributed by atoms with van der Waals surface area (Å²) < 4.78 is 10.4. The summed E-state index contributed by atoms with van der Waals surface area (Å²) in [7, 11) is 3.17. The SMILES string of the molecule is COc1ccc(NC(=O)[C@@H]2CCCNC2)c(OC)c1.Cl. The molecule has 1 aromatic rings. The number of hydrogen-bond acceptors (Lipinski definition) is 4. The van der Waals surface area contributed by atoms with Gasteiger partial charge in [0.15, 0.2) is 0 Å². The van der Waals surface area contributed by atoms with Gasteiger partial charge in [-0.2, -0.15) is 0 Å². The van der Waals surface area contributed by atoms with Crippen molar-refractivity contribution in [1.82, 2.24) is 5.32 Å². The van der Waals surface area contributed by atoms with Crippen LogP contribution in [0.5, 0.6) is 11.5 Å². The molecule has 1 amide bonds. The van der Waals surface area contributed by atoms with Gasteiger partial charge in [0, 0.05) is 12.6 Å². The van der Waals surface area contributed by atoms with E-state index >= 15 is 0 Å². The number of methoxy groups -OCH3 is 2. The Balaban J connectivity index is 0.00000200. The Hall–Kier alpha value is -1.46. The van der Waals surface area contributed by atoms with E-state index in [4.69, 9.17) is 9.47 Å². The maximum atomic E-state index is 12.2. The fraction of sp³-hybridized carbons (Fsp3) is 0.500. The van der Waals surface area contributed by atoms with E-state index in [1.54, 1.807) is 32.4 Å². The predicted octanol–water partition coefficient (Wildman–Crippen LogP) is 2.06. The fourth-order valence-electron chi connectivity index (χ4n) is 2.21. The Morgan fingerprint density at radius 1 is 1.35 bits per heavy atom. The molecule has 0 radical (unpaired) electrons. The lowest BCUT2D eigenvalue weighted by Gasteiger charge is -2.22. The van der Waals surface area contributed by atoms with E-state index in [0.717, 1.165) is 25.9 Å². The van der Waals surface area contributed by atoms with Gasteiger partial charge in [-0.25, -0.2) is 0 Å². The highest BCUT2D eigenvalue weighted by Crippen LogP contribution is 2.29. The first-order valence-corrected chi connectivity index (χ1v) is 6.48. The van der Waals surface area contributed by atoms with Crippen molar-refractivity contribution >= 4 is 24.0 Å². The highest BCUT2D eigenvalue weighted by atomic mass is 35.5. The van der Waals surface area contributed by atoms with Crippen molar-refractivity contribution in [2.24, 2.45) is 5.92 Å². The molecule has 2 rings (SSSR count). The van der Waals surface area contributed by atoms with Crippen molar-refractivity contribution < 1.29 is 14.3 Å². The maximum absolute atomic E-state index is 12.2. The van der Waals surface area contributed by atoms with Gasteiger partial charge in [-0.1, -0.05) is 0 Å². The second-order valence-corrected chi connectivity index (χ2v) is 4.60. The van der Waals surface area contributed by atoms with Crippen molar-refractivity contribution in [2.45, 2.75) is 12.8 Å². The van der Waals surface area contributed by atoms with Gasteiger partial charge < -0.3 is 20.1 Å². The number of anilines is 1. The summed E-state index contributed by atoms with van der Waals surface area (Å²) in [4.78, 5) is 12.2. The first-order chi connectivity index (χ1) is 9.24. The first kappa shape index (κ1) is 16.6. The minimum absolute atomic E-state index is 0. The summed E-state index contributed by atoms with van der Waals surface area (Å²) in [6.07, 6.45) is 1.97. The van der Waals surface area contributed by atoms with Gasteiger partial charge in [0.25, 0.3) is 0 Å². The molecule has 0 unspecified atom stereocenters. The molecule has 1 fully saturated rings. The van der Waals surface area contributed by atoms with E-state index < -0.39 is 0 Å². The van der Waals surface area contributed by atoms with E-state index in [2.05, 4.69) is 10.6 Å². The monoisotopic (exact) mass is 300 g/mol. The summed E-state index contributed by atoms with van der Waals surface area (Å²) in [6, 6.07) is 5.36. The lowest BCUT2D eigenvalue weighted by atomic mass is 9.99. The quantitative estimate of drug-likeness (QED) is 0.893. The third kappa shape index (κ3) is 4.02. The molecule has 5 nitrogen and oxygen atoms in total. The van der Waals surface area contributed by atoms with Crippen molar-refractivity contribution in [3.05, 3.63) is 18.2 Å². The molecule has 0 bridgehead atoms. The van der Waals surface area contributed by atoms with Gasteiger partial charge in [-0.3, -0.25) is 4.79 Å². The Labute approximate surface area is 125 Å². The molecule has 1 heterocycles. The van der Waals surface area contributed by atoms with Gasteiger partial charge in [0.05, 0.1) is 25.8 Å². The number of nitrogens with one attached hydrogen (secondary N) is 2. The highest BCUT2D eigenvalue weighted by Gasteiger charge is 2.21. The van der Waals surface area contributed by atoms with Gasteiger partial charge in [0.1, 0.15) is 11.5 Å². The van der Waals surface area contributed by atoms with E-state index in [1.807, 2.05) is 0 Å². The minimum atomic E-state index is 0. The zero-order valence-electron chi connectivity index (χ0n) is 11.8. The Morgan fingerprint density at radius 3 is 2.75 bits per heavy atom. The van der Waals surface area contributed by atoms with E-state index in [0.29, 0.717) is 17.2 Å². The second-order valence-electron chi connectivity index (χ2n) is 4.60. The lowest BCUT2D eigenvalue weighted by Crippen LogP contribution is -2.37. The lowest BCUT2D eigenvalue weighted by molar-refractivity contribution is -0.120. The van der Waals surface area contributed by atoms with Crippen LogP contribution in [0.15, 0.2) is 18.2 Å². The Bertz CT molecular complexity index is 448. The summed E-state index contributed by atoms with van der Waals surface area (Å²) >= 11 is 0. The van der Waals surface area contributed by atoms with Crippen LogP contribution in [0.2, 0.25) is 0 Å². The number of hydrogen-bond donors (Lipinski definition) is 2. The van der Waals surface area contributed by atoms with Crippen LogP contribution in [-0.4, -0.2) is 33.2 Å². The normalized spacial score (nSPS) is 17.8. The molecule has 2 N–H and O–H groups in total. The van der Waals surface area contributed by atoms with Crippen LogP contribution in [0.25, 0.3) is 0 Å². The van der Waals surface area contributed by atoms with Crippen LogP contribution in [0.1, 0.15) is 12.8 Å². The molecule has 0 saturated carbocycles. The number of carbonyl (C=O) groups is 1. The smallest absolute Gasteiger partial charge is 0.228 e. The molecule has 6 heteroatoms. The molecule has 20 heavy (non-hydrogen) atoms. The van der Waals surface area contributed by atoms with Crippen molar-refractivity contribution in [2.75, 3.05) is 32.6 Å². The number of halogens is 1. The molecule has 1 saturated heterocycles. The molecular weight excluding hydrogens is 280 g/mol. The van der Waals surface area contributed by atoms with Crippen molar-refractivity contribution in [3.63, 3.8) is 0 Å². The van der Waals surface area contributed by atoms with Gasteiger partial charge in [-0.05, 0) is 31.5 Å². The van der Waals surface area contributed by atoms with Gasteiger partial charge >= 0.3 is 0 Å². The Kier molecular flexibility index (Phi) is 6.61. The average Bonchev–Trinajstić information content (AvgIpc) is 2.48. The number of ether oxygens (including phenoxy) is 2. The number of rotatable bonds is 4. The molecule has 1 atom stereocenters. The molecule has 1 aliphatic rings. The van der Waals surface area contributed by atoms with Crippen LogP contribution >= 0.6 is 12.4 Å². The van der Waals surface area contributed by atoms with E-state index in [1.165, 1.54) is 0 Å². The van der Waals surface area contributed by atoms with Crippen molar-refractivity contribution in [1.29, 1.82) is 0 Å². The minimum Gasteiger partial charge on any atom is -0.497 e. The van der Waals surface area contributed by atoms with Crippen molar-refractivity contribution in [3.8, 4) is 11.5 Å². The van der Waals surface area contributed by atoms with Gasteiger partial charge in [-0.15, -0.1) is 12.4 Å². The second kappa shape index (κ2) is 7.97. The number of carbonyl (C=O) groups excluding carboxylic acids is 1. The summed E-state index contributed by atoms with van der Waals surface area (Å²) in [5, 5.41) is 6.16. The molecule has 0 spiro atoms. The maximum Gasteiger partial charge on any atom is 0.228 e. The zero-order chi connectivity index (χ0) is 13.7. The Morgan fingerprint density at radius 2 is 2.15 bits per heavy atom. The standard InChI is InChI=1S/C14H20N2O3.ClH/c1-18-11-5-6-12(13(8-11)19-2)16-14(17)10-4-3-7-15-9-10;/h5-6,8,10,15H,3-4,7,9H2,1-2H3,(H,16,17);1H/t10-;/m1./s1. The highest BCUT2D eigenvalue weighted by molar-refractivity contribution is 5.94. The topological polar surface area (TPSA) is 59.6 Å². The van der Waals surface area contributed by atoms with Crippen LogP contribution in [0.4, 0.5) is 5.69 Å². The zero-order valence-corrected chi connectivity index (χ0v) is 12.6.